The summed E-state index contributed by atoms with van der Waals surface area (Å²) in [6, 6.07) is 0.123. The molecule has 1 saturated heterocycles. The second-order valence-corrected chi connectivity index (χ2v) is 12.6. The standard InChI is InChI=1S/C28H48N4O3/c1-7-29-26(35)32(18-8-17-30(4)5)25(34)22-11-10-20-19-9-12-23-28(3,16-14-24(33)31(23)6)21(19)13-15-27(20,22)2/h19-23H,7-18H2,1-6H3,(H,29,35)/t19-,20-,21+,22?,23?,27-,28+/m0/s1. The molecule has 198 valence electrons. The SMILES string of the molecule is CCNC(=O)N(CCCN(C)C)C(=O)C1CC[C@H]2[C@@H]3CCC4N(C)C(=O)CC[C@]4(C)[C@@H]3CC[C@]12C. The van der Waals surface area contributed by atoms with Crippen LogP contribution in [0.3, 0.4) is 0 Å². The van der Waals surface area contributed by atoms with Gasteiger partial charge in [-0.05, 0) is 108 Å². The monoisotopic (exact) mass is 488 g/mol. The fraction of sp³-hybridized carbons (Fsp3) is 0.893. The number of nitrogens with one attached hydrogen (secondary N) is 1. The molecule has 0 aromatic carbocycles. The van der Waals surface area contributed by atoms with Gasteiger partial charge in [0.15, 0.2) is 0 Å². The van der Waals surface area contributed by atoms with Crippen LogP contribution in [0, 0.1) is 34.5 Å². The number of hydrogen-bond donors (Lipinski definition) is 1. The van der Waals surface area contributed by atoms with E-state index in [1.165, 1.54) is 4.90 Å². The first-order valence-corrected chi connectivity index (χ1v) is 14.0. The molecular formula is C28H48N4O3. The van der Waals surface area contributed by atoms with E-state index in [4.69, 9.17) is 0 Å². The van der Waals surface area contributed by atoms with Crippen molar-refractivity contribution in [2.75, 3.05) is 40.8 Å². The summed E-state index contributed by atoms with van der Waals surface area (Å²) in [5, 5.41) is 2.88. The highest BCUT2D eigenvalue weighted by Gasteiger charge is 2.62. The fourth-order valence-corrected chi connectivity index (χ4v) is 8.85. The van der Waals surface area contributed by atoms with Gasteiger partial charge in [0, 0.05) is 38.5 Å². The number of carbonyl (C=O) groups is 3. The van der Waals surface area contributed by atoms with Crippen molar-refractivity contribution in [3.63, 3.8) is 0 Å². The van der Waals surface area contributed by atoms with Gasteiger partial charge in [-0.2, -0.15) is 0 Å². The molecule has 0 aromatic heterocycles. The Morgan fingerprint density at radius 1 is 1.00 bits per heavy atom. The average molecular weight is 489 g/mol. The van der Waals surface area contributed by atoms with Crippen molar-refractivity contribution in [1.29, 1.82) is 0 Å². The van der Waals surface area contributed by atoms with Crippen molar-refractivity contribution in [3.05, 3.63) is 0 Å². The summed E-state index contributed by atoms with van der Waals surface area (Å²) >= 11 is 0. The van der Waals surface area contributed by atoms with Gasteiger partial charge in [0.2, 0.25) is 11.8 Å². The maximum atomic E-state index is 13.9. The third-order valence-electron chi connectivity index (χ3n) is 10.7. The highest BCUT2D eigenvalue weighted by molar-refractivity contribution is 5.96. The number of carbonyl (C=O) groups excluding carboxylic acids is 3. The van der Waals surface area contributed by atoms with Gasteiger partial charge in [0.1, 0.15) is 0 Å². The second-order valence-electron chi connectivity index (χ2n) is 12.6. The predicted octanol–water partition coefficient (Wildman–Crippen LogP) is 3.98. The van der Waals surface area contributed by atoms with Gasteiger partial charge in [-0.25, -0.2) is 4.79 Å². The summed E-state index contributed by atoms with van der Waals surface area (Å²) in [5.41, 5.74) is 0.151. The lowest BCUT2D eigenvalue weighted by Crippen LogP contribution is -2.61. The van der Waals surface area contributed by atoms with Gasteiger partial charge in [0.05, 0.1) is 0 Å². The topological polar surface area (TPSA) is 73.0 Å². The van der Waals surface area contributed by atoms with E-state index in [2.05, 4.69) is 24.1 Å². The molecule has 4 amide bonds. The van der Waals surface area contributed by atoms with Gasteiger partial charge in [-0.3, -0.25) is 14.5 Å². The molecule has 0 spiro atoms. The Kier molecular flexibility index (Phi) is 7.57. The van der Waals surface area contributed by atoms with E-state index in [1.807, 2.05) is 33.0 Å². The van der Waals surface area contributed by atoms with Crippen LogP contribution in [0.1, 0.15) is 78.6 Å². The zero-order valence-corrected chi connectivity index (χ0v) is 22.9. The molecule has 1 N–H and O–H groups in total. The van der Waals surface area contributed by atoms with Gasteiger partial charge >= 0.3 is 6.03 Å². The largest absolute Gasteiger partial charge is 0.342 e. The minimum absolute atomic E-state index is 0.0376. The van der Waals surface area contributed by atoms with Crippen LogP contribution in [0.15, 0.2) is 0 Å². The Morgan fingerprint density at radius 2 is 1.71 bits per heavy atom. The molecular weight excluding hydrogens is 440 g/mol. The Bertz CT molecular complexity index is 831. The molecule has 4 aliphatic rings. The number of urea groups is 1. The van der Waals surface area contributed by atoms with E-state index >= 15 is 0 Å². The van der Waals surface area contributed by atoms with Crippen molar-refractivity contribution >= 4 is 17.8 Å². The molecule has 35 heavy (non-hydrogen) atoms. The zero-order chi connectivity index (χ0) is 25.5. The Labute approximate surface area is 212 Å². The van der Waals surface area contributed by atoms with Crippen LogP contribution < -0.4 is 5.32 Å². The third-order valence-corrected chi connectivity index (χ3v) is 10.7. The lowest BCUT2D eigenvalue weighted by atomic mass is 9.47. The molecule has 0 radical (unpaired) electrons. The molecule has 7 nitrogen and oxygen atoms in total. The van der Waals surface area contributed by atoms with Gasteiger partial charge < -0.3 is 15.1 Å². The Balaban J connectivity index is 1.52. The number of amides is 4. The molecule has 2 unspecified atom stereocenters. The molecule has 7 atom stereocenters. The number of likely N-dealkylation sites (tertiary alicyclic amines) is 1. The van der Waals surface area contributed by atoms with Crippen molar-refractivity contribution in [1.82, 2.24) is 20.0 Å². The van der Waals surface area contributed by atoms with E-state index in [0.717, 1.165) is 57.9 Å². The van der Waals surface area contributed by atoms with Crippen LogP contribution in [0.25, 0.3) is 0 Å². The minimum Gasteiger partial charge on any atom is -0.342 e. The summed E-state index contributed by atoms with van der Waals surface area (Å²) in [6.45, 7) is 8.56. The lowest BCUT2D eigenvalue weighted by Gasteiger charge is -2.61. The Morgan fingerprint density at radius 3 is 2.40 bits per heavy atom. The zero-order valence-electron chi connectivity index (χ0n) is 22.9. The van der Waals surface area contributed by atoms with E-state index in [9.17, 15) is 14.4 Å². The summed E-state index contributed by atoms with van der Waals surface area (Å²) in [7, 11) is 6.05. The van der Waals surface area contributed by atoms with Crippen LogP contribution >= 0.6 is 0 Å². The second kappa shape index (κ2) is 10.0. The maximum absolute atomic E-state index is 13.9. The fourth-order valence-electron chi connectivity index (χ4n) is 8.85. The van der Waals surface area contributed by atoms with Crippen LogP contribution in [-0.4, -0.2) is 79.4 Å². The minimum atomic E-state index is -0.236. The smallest absolute Gasteiger partial charge is 0.324 e. The molecule has 4 rings (SSSR count). The molecule has 1 heterocycles. The summed E-state index contributed by atoms with van der Waals surface area (Å²) in [4.78, 5) is 45.0. The molecule has 7 heteroatoms. The van der Waals surface area contributed by atoms with E-state index in [-0.39, 0.29) is 28.7 Å². The number of imide groups is 1. The van der Waals surface area contributed by atoms with Crippen LogP contribution in [0.2, 0.25) is 0 Å². The summed E-state index contributed by atoms with van der Waals surface area (Å²) in [6.07, 6.45) is 8.88. The van der Waals surface area contributed by atoms with Crippen molar-refractivity contribution in [2.24, 2.45) is 34.5 Å². The number of hydrogen-bond acceptors (Lipinski definition) is 4. The van der Waals surface area contributed by atoms with E-state index in [0.29, 0.717) is 49.2 Å². The lowest BCUT2D eigenvalue weighted by molar-refractivity contribution is -0.160. The normalized spacial score (nSPS) is 38.5. The third kappa shape index (κ3) is 4.51. The van der Waals surface area contributed by atoms with E-state index in [1.54, 1.807) is 0 Å². The van der Waals surface area contributed by atoms with Crippen LogP contribution in [0.4, 0.5) is 4.79 Å². The summed E-state index contributed by atoms with van der Waals surface area (Å²) in [5.74, 6) is 2.06. The number of rotatable bonds is 6. The highest BCUT2D eigenvalue weighted by Crippen LogP contribution is 2.66. The molecule has 0 bridgehead atoms. The maximum Gasteiger partial charge on any atom is 0.324 e. The average Bonchev–Trinajstić information content (AvgIpc) is 3.16. The van der Waals surface area contributed by atoms with Crippen molar-refractivity contribution in [3.8, 4) is 0 Å². The molecule has 3 aliphatic carbocycles. The van der Waals surface area contributed by atoms with Crippen molar-refractivity contribution in [2.45, 2.75) is 84.6 Å². The van der Waals surface area contributed by atoms with Gasteiger partial charge in [-0.15, -0.1) is 0 Å². The van der Waals surface area contributed by atoms with Gasteiger partial charge in [0.25, 0.3) is 0 Å². The number of fused-ring (bicyclic) bond motifs is 5. The quantitative estimate of drug-likeness (QED) is 0.614. The van der Waals surface area contributed by atoms with E-state index < -0.39 is 0 Å². The first kappa shape index (κ1) is 26.4. The van der Waals surface area contributed by atoms with Crippen LogP contribution in [0.5, 0.6) is 0 Å². The first-order valence-electron chi connectivity index (χ1n) is 14.0. The molecule has 4 fully saturated rings. The highest BCUT2D eigenvalue weighted by atomic mass is 16.2. The molecule has 0 aromatic rings. The molecule has 1 aliphatic heterocycles. The van der Waals surface area contributed by atoms with Gasteiger partial charge in [-0.1, -0.05) is 13.8 Å². The molecule has 3 saturated carbocycles. The Hall–Kier alpha value is -1.63. The number of piperidine rings is 1. The van der Waals surface area contributed by atoms with Crippen molar-refractivity contribution < 1.29 is 14.4 Å². The first-order chi connectivity index (χ1) is 16.5. The van der Waals surface area contributed by atoms with Crippen LogP contribution in [-0.2, 0) is 9.59 Å². The summed E-state index contributed by atoms with van der Waals surface area (Å²) < 4.78 is 0. The number of nitrogens with zero attached hydrogens (tertiary/aromatic N) is 3. The predicted molar refractivity (Wildman–Crippen MR) is 138 cm³/mol.